The highest BCUT2D eigenvalue weighted by Gasteiger charge is 2.25. The van der Waals surface area contributed by atoms with Crippen molar-refractivity contribution in [1.82, 2.24) is 14.9 Å². The highest BCUT2D eigenvalue weighted by Crippen LogP contribution is 2.35. The summed E-state index contributed by atoms with van der Waals surface area (Å²) in [6.45, 7) is 0.546. The van der Waals surface area contributed by atoms with Crippen LogP contribution in [-0.2, 0) is 6.54 Å². The number of nitrogens with zero attached hydrogens (tertiary/aromatic N) is 2. The van der Waals surface area contributed by atoms with E-state index in [1.807, 2.05) is 12.5 Å². The summed E-state index contributed by atoms with van der Waals surface area (Å²) >= 11 is 0. The predicted molar refractivity (Wildman–Crippen MR) is 55.3 cm³/mol. The fourth-order valence-electron chi connectivity index (χ4n) is 1.59. The summed E-state index contributed by atoms with van der Waals surface area (Å²) in [5.74, 6) is 0. The molecule has 1 aromatic rings. The minimum absolute atomic E-state index is 0.0476. The number of rotatable bonds is 6. The van der Waals surface area contributed by atoms with Crippen LogP contribution in [0.15, 0.2) is 12.5 Å². The van der Waals surface area contributed by atoms with Crippen LogP contribution < -0.4 is 5.32 Å². The van der Waals surface area contributed by atoms with Gasteiger partial charge in [0.15, 0.2) is 0 Å². The molecule has 0 atom stereocenters. The van der Waals surface area contributed by atoms with Gasteiger partial charge in [0.2, 0.25) is 0 Å². The van der Waals surface area contributed by atoms with Gasteiger partial charge in [-0.1, -0.05) is 0 Å². The van der Waals surface area contributed by atoms with Gasteiger partial charge in [-0.15, -0.1) is 0 Å². The number of aromatic nitrogens is 2. The molecular weight excluding hydrogens is 194 g/mol. The van der Waals surface area contributed by atoms with Gasteiger partial charge in [-0.05, 0) is 12.8 Å². The smallest absolute Gasteiger partial charge is 0.0951 e. The van der Waals surface area contributed by atoms with Gasteiger partial charge < -0.3 is 20.1 Å². The van der Waals surface area contributed by atoms with Crippen LogP contribution in [-0.4, -0.2) is 39.0 Å². The maximum Gasteiger partial charge on any atom is 0.0951 e. The van der Waals surface area contributed by atoms with E-state index < -0.39 is 0 Å². The fourth-order valence-corrected chi connectivity index (χ4v) is 1.59. The molecule has 1 aromatic heterocycles. The van der Waals surface area contributed by atoms with Gasteiger partial charge >= 0.3 is 0 Å². The van der Waals surface area contributed by atoms with Crippen molar-refractivity contribution in [3.63, 3.8) is 0 Å². The average Bonchev–Trinajstić information content (AvgIpc) is 3.00. The van der Waals surface area contributed by atoms with Gasteiger partial charge in [0.1, 0.15) is 0 Å². The molecule has 84 valence electrons. The molecule has 0 spiro atoms. The largest absolute Gasteiger partial charge is 0.395 e. The van der Waals surface area contributed by atoms with E-state index in [1.165, 1.54) is 12.8 Å². The molecule has 1 aliphatic carbocycles. The van der Waals surface area contributed by atoms with Crippen LogP contribution in [0.2, 0.25) is 0 Å². The first-order valence-corrected chi connectivity index (χ1v) is 5.31. The number of nitrogens with one attached hydrogen (secondary N) is 1. The van der Waals surface area contributed by atoms with Crippen molar-refractivity contribution in [3.05, 3.63) is 18.2 Å². The summed E-state index contributed by atoms with van der Waals surface area (Å²) in [5, 5.41) is 20.9. The molecule has 2 rings (SSSR count). The van der Waals surface area contributed by atoms with E-state index in [0.29, 0.717) is 12.6 Å². The monoisotopic (exact) mass is 211 g/mol. The Kier molecular flexibility index (Phi) is 3.35. The van der Waals surface area contributed by atoms with E-state index in [2.05, 4.69) is 14.9 Å². The number of imidazole rings is 1. The number of hydrogen-bond acceptors (Lipinski definition) is 4. The van der Waals surface area contributed by atoms with Crippen LogP contribution in [0.5, 0.6) is 0 Å². The first-order chi connectivity index (χ1) is 7.35. The molecule has 0 amide bonds. The zero-order valence-electron chi connectivity index (χ0n) is 8.63. The molecule has 1 heterocycles. The summed E-state index contributed by atoms with van der Waals surface area (Å²) in [5.41, 5.74) is 1.12. The Hall–Kier alpha value is -0.910. The minimum atomic E-state index is -0.243. The van der Waals surface area contributed by atoms with Crippen LogP contribution in [0.25, 0.3) is 0 Å². The van der Waals surface area contributed by atoms with E-state index in [1.54, 1.807) is 0 Å². The van der Waals surface area contributed by atoms with Crippen molar-refractivity contribution in [2.45, 2.75) is 31.5 Å². The van der Waals surface area contributed by atoms with Crippen LogP contribution >= 0.6 is 0 Å². The standard InChI is InChI=1S/C10H17N3O2/c14-5-8(6-15)12-4-10-3-11-7-13(10)9-1-2-9/h3,7-9,12,14-15H,1-2,4-6H2. The second kappa shape index (κ2) is 4.74. The number of aliphatic hydroxyl groups is 2. The quantitative estimate of drug-likeness (QED) is 0.602. The Bertz CT molecular complexity index is 305. The first kappa shape index (κ1) is 10.6. The normalized spacial score (nSPS) is 16.2. The maximum atomic E-state index is 8.90. The molecule has 0 radical (unpaired) electrons. The Labute approximate surface area is 88.8 Å². The topological polar surface area (TPSA) is 70.3 Å². The molecule has 5 heteroatoms. The molecule has 1 saturated carbocycles. The van der Waals surface area contributed by atoms with Crippen LogP contribution in [0.1, 0.15) is 24.6 Å². The Morgan fingerprint density at radius 1 is 1.47 bits per heavy atom. The number of aliphatic hydroxyl groups excluding tert-OH is 2. The van der Waals surface area contributed by atoms with Crippen molar-refractivity contribution in [1.29, 1.82) is 0 Å². The van der Waals surface area contributed by atoms with Gasteiger partial charge in [0.05, 0.1) is 31.3 Å². The van der Waals surface area contributed by atoms with Crippen molar-refractivity contribution < 1.29 is 10.2 Å². The first-order valence-electron chi connectivity index (χ1n) is 5.31. The summed E-state index contributed by atoms with van der Waals surface area (Å²) in [4.78, 5) is 4.11. The fraction of sp³-hybridized carbons (Fsp3) is 0.700. The molecular formula is C10H17N3O2. The maximum absolute atomic E-state index is 8.90. The second-order valence-corrected chi connectivity index (χ2v) is 3.97. The Morgan fingerprint density at radius 3 is 2.80 bits per heavy atom. The molecule has 0 aliphatic heterocycles. The lowest BCUT2D eigenvalue weighted by molar-refractivity contribution is 0.169. The zero-order valence-corrected chi connectivity index (χ0v) is 8.63. The second-order valence-electron chi connectivity index (χ2n) is 3.97. The molecule has 0 unspecified atom stereocenters. The summed E-state index contributed by atoms with van der Waals surface area (Å²) in [6.07, 6.45) is 6.14. The van der Waals surface area contributed by atoms with Crippen molar-refractivity contribution in [3.8, 4) is 0 Å². The van der Waals surface area contributed by atoms with Gasteiger partial charge in [0, 0.05) is 18.8 Å². The van der Waals surface area contributed by atoms with E-state index in [4.69, 9.17) is 10.2 Å². The molecule has 3 N–H and O–H groups in total. The van der Waals surface area contributed by atoms with Crippen LogP contribution in [0.4, 0.5) is 0 Å². The van der Waals surface area contributed by atoms with E-state index in [0.717, 1.165) is 5.69 Å². The highest BCUT2D eigenvalue weighted by atomic mass is 16.3. The summed E-state index contributed by atoms with van der Waals surface area (Å²) in [6, 6.07) is 0.374. The summed E-state index contributed by atoms with van der Waals surface area (Å²) < 4.78 is 2.17. The Morgan fingerprint density at radius 2 is 2.20 bits per heavy atom. The third kappa shape index (κ3) is 2.56. The van der Waals surface area contributed by atoms with Crippen LogP contribution in [0.3, 0.4) is 0 Å². The van der Waals surface area contributed by atoms with Gasteiger partial charge in [-0.3, -0.25) is 0 Å². The molecule has 15 heavy (non-hydrogen) atoms. The van der Waals surface area contributed by atoms with Gasteiger partial charge in [-0.2, -0.15) is 0 Å². The predicted octanol–water partition coefficient (Wildman–Crippen LogP) is -0.339. The van der Waals surface area contributed by atoms with Crippen LogP contribution in [0, 0.1) is 0 Å². The highest BCUT2D eigenvalue weighted by molar-refractivity contribution is 5.03. The van der Waals surface area contributed by atoms with Crippen molar-refractivity contribution in [2.24, 2.45) is 0 Å². The lowest BCUT2D eigenvalue weighted by Gasteiger charge is -2.14. The average molecular weight is 211 g/mol. The van der Waals surface area contributed by atoms with Crippen molar-refractivity contribution >= 4 is 0 Å². The third-order valence-corrected chi connectivity index (χ3v) is 2.70. The van der Waals surface area contributed by atoms with Gasteiger partial charge in [-0.25, -0.2) is 4.98 Å². The Balaban J connectivity index is 1.89. The van der Waals surface area contributed by atoms with Crippen molar-refractivity contribution in [2.75, 3.05) is 13.2 Å². The molecule has 0 bridgehead atoms. The molecule has 5 nitrogen and oxygen atoms in total. The minimum Gasteiger partial charge on any atom is -0.395 e. The lowest BCUT2D eigenvalue weighted by atomic mass is 10.3. The van der Waals surface area contributed by atoms with E-state index in [9.17, 15) is 0 Å². The third-order valence-electron chi connectivity index (χ3n) is 2.70. The molecule has 1 fully saturated rings. The molecule has 1 aliphatic rings. The molecule has 0 aromatic carbocycles. The summed E-state index contributed by atoms with van der Waals surface area (Å²) in [7, 11) is 0. The van der Waals surface area contributed by atoms with Gasteiger partial charge in [0.25, 0.3) is 0 Å². The molecule has 0 saturated heterocycles. The van der Waals surface area contributed by atoms with E-state index >= 15 is 0 Å². The van der Waals surface area contributed by atoms with E-state index in [-0.39, 0.29) is 19.3 Å². The SMILES string of the molecule is OCC(CO)NCc1cncn1C1CC1. The zero-order chi connectivity index (χ0) is 10.7. The lowest BCUT2D eigenvalue weighted by Crippen LogP contribution is -2.35. The number of hydrogen-bond donors (Lipinski definition) is 3.